The van der Waals surface area contributed by atoms with Crippen LogP contribution in [0.2, 0.25) is 0 Å². The van der Waals surface area contributed by atoms with E-state index in [0.29, 0.717) is 12.1 Å². The summed E-state index contributed by atoms with van der Waals surface area (Å²) < 4.78 is 82.7. The molecule has 0 saturated carbocycles. The van der Waals surface area contributed by atoms with Crippen molar-refractivity contribution >= 4 is 10.9 Å². The molecule has 3 nitrogen and oxygen atoms in total. The van der Waals surface area contributed by atoms with Crippen molar-refractivity contribution in [3.05, 3.63) is 59.7 Å². The molecule has 0 aliphatic carbocycles. The van der Waals surface area contributed by atoms with Gasteiger partial charge in [0, 0.05) is 0 Å². The Balaban J connectivity index is 2.09. The average molecular weight is 358 g/mol. The van der Waals surface area contributed by atoms with Gasteiger partial charge < -0.3 is 4.74 Å². The maximum absolute atomic E-state index is 13.3. The van der Waals surface area contributed by atoms with Crippen LogP contribution in [0, 0.1) is 5.82 Å². The molecule has 0 atom stereocenters. The number of aromatic nitrogens is 2. The molecule has 2 aromatic carbocycles. The largest absolute Gasteiger partial charge is 0.438 e. The Labute approximate surface area is 136 Å². The third kappa shape index (κ3) is 3.49. The Morgan fingerprint density at radius 3 is 2.36 bits per heavy atom. The van der Waals surface area contributed by atoms with E-state index < -0.39 is 35.6 Å². The van der Waals surface area contributed by atoms with E-state index in [1.54, 1.807) is 12.1 Å². The first-order chi connectivity index (χ1) is 11.8. The summed E-state index contributed by atoms with van der Waals surface area (Å²) >= 11 is 0. The molecule has 3 rings (SSSR count). The Bertz CT molecular complexity index is 926. The predicted molar refractivity (Wildman–Crippen MR) is 76.0 cm³/mol. The molecule has 0 aliphatic rings. The van der Waals surface area contributed by atoms with E-state index in [9.17, 15) is 26.3 Å². The van der Waals surface area contributed by atoms with Crippen LogP contribution in [0.15, 0.2) is 42.5 Å². The Kier molecular flexibility index (Phi) is 4.23. The van der Waals surface area contributed by atoms with Gasteiger partial charge in [0.25, 0.3) is 6.43 Å². The fraction of sp³-hybridized carbons (Fsp3) is 0.125. The molecule has 0 bridgehead atoms. The lowest BCUT2D eigenvalue weighted by molar-refractivity contribution is -0.140. The number of benzene rings is 2. The van der Waals surface area contributed by atoms with Crippen molar-refractivity contribution in [2.24, 2.45) is 0 Å². The van der Waals surface area contributed by atoms with Gasteiger partial charge in [0.2, 0.25) is 5.88 Å². The highest BCUT2D eigenvalue weighted by molar-refractivity contribution is 5.83. The van der Waals surface area contributed by atoms with E-state index in [0.717, 1.165) is 6.07 Å². The first kappa shape index (κ1) is 17.0. The smallest absolute Gasteiger partial charge is 0.419 e. The molecule has 9 heteroatoms. The van der Waals surface area contributed by atoms with Gasteiger partial charge in [0.05, 0.1) is 16.5 Å². The topological polar surface area (TPSA) is 35.0 Å². The lowest BCUT2D eigenvalue weighted by atomic mass is 10.2. The van der Waals surface area contributed by atoms with Gasteiger partial charge in [-0.25, -0.2) is 18.2 Å². The minimum Gasteiger partial charge on any atom is -0.438 e. The van der Waals surface area contributed by atoms with Gasteiger partial charge >= 0.3 is 6.18 Å². The second-order valence-electron chi connectivity index (χ2n) is 4.95. The third-order valence-electron chi connectivity index (χ3n) is 3.24. The molecule has 0 radical (unpaired) electrons. The Morgan fingerprint density at radius 2 is 1.68 bits per heavy atom. The zero-order valence-electron chi connectivity index (χ0n) is 12.2. The molecular formula is C16H8F6N2O. The second kappa shape index (κ2) is 6.23. The highest BCUT2D eigenvalue weighted by Gasteiger charge is 2.34. The molecule has 0 fully saturated rings. The van der Waals surface area contributed by atoms with Crippen LogP contribution >= 0.6 is 0 Å². The number of alkyl halides is 5. The van der Waals surface area contributed by atoms with Gasteiger partial charge in [-0.15, -0.1) is 0 Å². The summed E-state index contributed by atoms with van der Waals surface area (Å²) in [4.78, 5) is 7.22. The molecule has 1 aromatic heterocycles. The molecule has 0 saturated heterocycles. The quantitative estimate of drug-likeness (QED) is 0.579. The fourth-order valence-corrected chi connectivity index (χ4v) is 2.14. The number of rotatable bonds is 3. The van der Waals surface area contributed by atoms with Crippen LogP contribution in [0.4, 0.5) is 26.3 Å². The molecular weight excluding hydrogens is 350 g/mol. The van der Waals surface area contributed by atoms with Crippen molar-refractivity contribution in [3.8, 4) is 11.6 Å². The van der Waals surface area contributed by atoms with Crippen molar-refractivity contribution in [2.45, 2.75) is 12.6 Å². The standard InChI is InChI=1S/C16H8F6N2O/c17-11-6-5-8(7-10(11)16(20,21)22)25-15-9-3-1-2-4-12(9)23-14(24-15)13(18)19/h1-7,13H. The molecule has 0 aliphatic heterocycles. The van der Waals surface area contributed by atoms with E-state index in [-0.39, 0.29) is 16.8 Å². The maximum Gasteiger partial charge on any atom is 0.419 e. The number of hydrogen-bond donors (Lipinski definition) is 0. The third-order valence-corrected chi connectivity index (χ3v) is 3.24. The zero-order valence-corrected chi connectivity index (χ0v) is 12.2. The van der Waals surface area contributed by atoms with E-state index in [2.05, 4.69) is 9.97 Å². The normalized spacial score (nSPS) is 12.0. The summed E-state index contributed by atoms with van der Waals surface area (Å²) in [5.41, 5.74) is -1.39. The summed E-state index contributed by atoms with van der Waals surface area (Å²) in [7, 11) is 0. The van der Waals surface area contributed by atoms with Crippen molar-refractivity contribution in [1.82, 2.24) is 9.97 Å². The highest BCUT2D eigenvalue weighted by atomic mass is 19.4. The zero-order chi connectivity index (χ0) is 18.2. The van der Waals surface area contributed by atoms with Crippen molar-refractivity contribution in [3.63, 3.8) is 0 Å². The fourth-order valence-electron chi connectivity index (χ4n) is 2.14. The molecule has 1 heterocycles. The van der Waals surface area contributed by atoms with E-state index in [4.69, 9.17) is 4.74 Å². The first-order valence-electron chi connectivity index (χ1n) is 6.85. The van der Waals surface area contributed by atoms with E-state index >= 15 is 0 Å². The molecule has 130 valence electrons. The molecule has 0 spiro atoms. The number of halogens is 6. The van der Waals surface area contributed by atoms with E-state index in [1.807, 2.05) is 0 Å². The number of ether oxygens (including phenoxy) is 1. The van der Waals surface area contributed by atoms with Crippen LogP contribution in [0.25, 0.3) is 10.9 Å². The number of para-hydroxylation sites is 1. The van der Waals surface area contributed by atoms with Crippen LogP contribution in [-0.4, -0.2) is 9.97 Å². The van der Waals surface area contributed by atoms with Gasteiger partial charge in [-0.05, 0) is 30.3 Å². The lowest BCUT2D eigenvalue weighted by Gasteiger charge is -2.12. The molecule has 3 aromatic rings. The minimum absolute atomic E-state index is 0.140. The van der Waals surface area contributed by atoms with Crippen LogP contribution in [0.3, 0.4) is 0 Å². The van der Waals surface area contributed by atoms with Crippen LogP contribution in [0.1, 0.15) is 17.8 Å². The summed E-state index contributed by atoms with van der Waals surface area (Å²) in [5.74, 6) is -3.04. The number of hydrogen-bond acceptors (Lipinski definition) is 3. The van der Waals surface area contributed by atoms with E-state index in [1.165, 1.54) is 12.1 Å². The molecule has 0 amide bonds. The lowest BCUT2D eigenvalue weighted by Crippen LogP contribution is -2.08. The van der Waals surface area contributed by atoms with Gasteiger partial charge in [0.1, 0.15) is 11.6 Å². The minimum atomic E-state index is -4.93. The van der Waals surface area contributed by atoms with Gasteiger partial charge in [0.15, 0.2) is 5.82 Å². The number of nitrogens with zero attached hydrogens (tertiary/aromatic N) is 2. The summed E-state index contributed by atoms with van der Waals surface area (Å²) in [5, 5.41) is 0.227. The molecule has 25 heavy (non-hydrogen) atoms. The SMILES string of the molecule is Fc1ccc(Oc2nc(C(F)F)nc3ccccc23)cc1C(F)(F)F. The Hall–Kier alpha value is -2.84. The highest BCUT2D eigenvalue weighted by Crippen LogP contribution is 2.36. The summed E-state index contributed by atoms with van der Waals surface area (Å²) in [6.07, 6.45) is -7.92. The van der Waals surface area contributed by atoms with Crippen LogP contribution in [-0.2, 0) is 6.18 Å². The second-order valence-corrected chi connectivity index (χ2v) is 4.95. The molecule has 0 unspecified atom stereocenters. The average Bonchev–Trinajstić information content (AvgIpc) is 2.55. The van der Waals surface area contributed by atoms with Crippen molar-refractivity contribution in [2.75, 3.05) is 0 Å². The van der Waals surface area contributed by atoms with Crippen LogP contribution < -0.4 is 4.74 Å². The summed E-state index contributed by atoms with van der Waals surface area (Å²) in [6.45, 7) is 0. The van der Waals surface area contributed by atoms with Crippen molar-refractivity contribution in [1.29, 1.82) is 0 Å². The molecule has 0 N–H and O–H groups in total. The van der Waals surface area contributed by atoms with Gasteiger partial charge in [-0.3, -0.25) is 0 Å². The monoisotopic (exact) mass is 358 g/mol. The van der Waals surface area contributed by atoms with Crippen molar-refractivity contribution < 1.29 is 31.1 Å². The Morgan fingerprint density at radius 1 is 0.960 bits per heavy atom. The predicted octanol–water partition coefficient (Wildman–Crippen LogP) is 5.52. The van der Waals surface area contributed by atoms with Crippen LogP contribution in [0.5, 0.6) is 11.6 Å². The number of fused-ring (bicyclic) bond motifs is 1. The van der Waals surface area contributed by atoms with Gasteiger partial charge in [-0.1, -0.05) is 12.1 Å². The first-order valence-corrected chi connectivity index (χ1v) is 6.85. The van der Waals surface area contributed by atoms with Gasteiger partial charge in [-0.2, -0.15) is 18.2 Å². The summed E-state index contributed by atoms with van der Waals surface area (Å²) in [6, 6.07) is 7.98. The maximum atomic E-state index is 13.3.